The van der Waals surface area contributed by atoms with Gasteiger partial charge in [-0.05, 0) is 0 Å². The summed E-state index contributed by atoms with van der Waals surface area (Å²) in [7, 11) is 20.0. The van der Waals surface area contributed by atoms with Crippen LogP contribution in [0.15, 0.2) is 0 Å². The van der Waals surface area contributed by atoms with Crippen molar-refractivity contribution in [2.45, 2.75) is 0 Å². The molecule has 0 amide bonds. The van der Waals surface area contributed by atoms with Gasteiger partial charge in [-0.15, -0.1) is 0 Å². The molecule has 0 radical (unpaired) electrons. The summed E-state index contributed by atoms with van der Waals surface area (Å²) < 4.78 is 0. The third-order valence-corrected chi connectivity index (χ3v) is 0. The second kappa shape index (κ2) is 5.28. The molecule has 0 aliphatic heterocycles. The third kappa shape index (κ3) is 25.9. The zero-order chi connectivity index (χ0) is 4.50. The van der Waals surface area contributed by atoms with Gasteiger partial charge in [0.25, 0.3) is 0 Å². The fourth-order valence-corrected chi connectivity index (χ4v) is 0. The average Bonchev–Trinajstić information content (AvgIpc) is 0.722. The molecule has 6 heavy (non-hydrogen) atoms. The van der Waals surface area contributed by atoms with Gasteiger partial charge in [0.05, 0.1) is 0 Å². The van der Waals surface area contributed by atoms with E-state index in [1.165, 1.54) is 0 Å². The molecular formula is HCl4KPt. The minimum atomic E-state index is -3.06. The first kappa shape index (κ1) is 12.2. The zero-order valence-electron chi connectivity index (χ0n) is 1.83. The minimum absolute atomic E-state index is 0. The van der Waals surface area contributed by atoms with Gasteiger partial charge in [0.1, 0.15) is 0 Å². The van der Waals surface area contributed by atoms with Crippen molar-refractivity contribution >= 4 is 89.1 Å². The molecule has 0 nitrogen and oxygen atoms in total. The Morgan fingerprint density at radius 1 is 0.833 bits per heavy atom. The molecule has 0 aromatic rings. The molecule has 6 heteroatoms. The van der Waals surface area contributed by atoms with Gasteiger partial charge in [-0.2, -0.15) is 0 Å². The average molecular weight is 377 g/mol. The number of rotatable bonds is 0. The van der Waals surface area contributed by atoms with E-state index in [0.29, 0.717) is 0 Å². The van der Waals surface area contributed by atoms with Crippen molar-refractivity contribution in [1.82, 2.24) is 0 Å². The molecule has 0 spiro atoms. The Bertz CT molecular complexity index is 23.0. The van der Waals surface area contributed by atoms with Gasteiger partial charge >= 0.3 is 101 Å². The Balaban J connectivity index is 0. The summed E-state index contributed by atoms with van der Waals surface area (Å²) in [5.74, 6) is 0. The standard InChI is InChI=1S/4ClH.K.Pt.H/h4*1H;;;/q;;;;;+4;/p-4. The second-order valence-corrected chi connectivity index (χ2v) is 20.0. The van der Waals surface area contributed by atoms with Gasteiger partial charge in [0.2, 0.25) is 0 Å². The van der Waals surface area contributed by atoms with E-state index in [9.17, 15) is 0 Å². The third-order valence-electron chi connectivity index (χ3n) is 0. The topological polar surface area (TPSA) is 0 Å². The predicted molar refractivity (Wildman–Crippen MR) is 30.6 cm³/mol. The fourth-order valence-electron chi connectivity index (χ4n) is 0. The first-order chi connectivity index (χ1) is 2.00. The van der Waals surface area contributed by atoms with E-state index >= 15 is 0 Å². The maximum absolute atomic E-state index is 5.01. The van der Waals surface area contributed by atoms with Crippen LogP contribution in [0.2, 0.25) is 0 Å². The predicted octanol–water partition coefficient (Wildman–Crippen LogP) is 2.11. The summed E-state index contributed by atoms with van der Waals surface area (Å²) >= 11 is -3.06. The van der Waals surface area contributed by atoms with Gasteiger partial charge < -0.3 is 0 Å². The van der Waals surface area contributed by atoms with Crippen LogP contribution in [0.25, 0.3) is 0 Å². The molecule has 0 aromatic carbocycles. The first-order valence-electron chi connectivity index (χ1n) is 0.478. The summed E-state index contributed by atoms with van der Waals surface area (Å²) in [4.78, 5) is 0. The van der Waals surface area contributed by atoms with E-state index in [4.69, 9.17) is 37.7 Å². The van der Waals surface area contributed by atoms with Crippen LogP contribution in [0.1, 0.15) is 0 Å². The first-order valence-corrected chi connectivity index (χ1v) is 11.7. The molecular weight excluding hydrogens is 376 g/mol. The van der Waals surface area contributed by atoms with Crippen LogP contribution < -0.4 is 0 Å². The van der Waals surface area contributed by atoms with Gasteiger partial charge in [-0.1, -0.05) is 0 Å². The Labute approximate surface area is 98.2 Å². The van der Waals surface area contributed by atoms with Crippen LogP contribution in [0, 0.1) is 0 Å². The molecule has 0 fully saturated rings. The molecule has 40 valence electrons. The molecule has 0 bridgehead atoms. The maximum atomic E-state index is 5.01. The molecule has 0 aromatic heterocycles. The van der Waals surface area contributed by atoms with E-state index in [1.54, 1.807) is 0 Å². The Morgan fingerprint density at radius 2 is 0.833 bits per heavy atom. The van der Waals surface area contributed by atoms with Crippen molar-refractivity contribution in [3.63, 3.8) is 0 Å². The van der Waals surface area contributed by atoms with Crippen molar-refractivity contribution in [3.05, 3.63) is 0 Å². The van der Waals surface area contributed by atoms with Crippen molar-refractivity contribution in [2.24, 2.45) is 0 Å². The van der Waals surface area contributed by atoms with Crippen LogP contribution in [0.4, 0.5) is 0 Å². The Morgan fingerprint density at radius 3 is 0.833 bits per heavy atom. The molecule has 0 aliphatic carbocycles. The van der Waals surface area contributed by atoms with Crippen LogP contribution in [0.3, 0.4) is 0 Å². The molecule has 0 N–H and O–H groups in total. The Hall–Kier alpha value is 3.48. The second-order valence-electron chi connectivity index (χ2n) is 0.271. The van der Waals surface area contributed by atoms with Gasteiger partial charge in [0, 0.05) is 0 Å². The van der Waals surface area contributed by atoms with Crippen LogP contribution in [0.5, 0.6) is 0 Å². The van der Waals surface area contributed by atoms with Crippen LogP contribution in [-0.2, 0) is 11.9 Å². The van der Waals surface area contributed by atoms with E-state index in [-0.39, 0.29) is 51.4 Å². The molecule has 0 atom stereocenters. The van der Waals surface area contributed by atoms with Crippen LogP contribution >= 0.6 is 37.7 Å². The summed E-state index contributed by atoms with van der Waals surface area (Å²) in [6, 6.07) is 0. The quantitative estimate of drug-likeness (QED) is 0.568. The molecule has 0 heterocycles. The van der Waals surface area contributed by atoms with E-state index in [0.717, 1.165) is 0 Å². The SMILES string of the molecule is [Cl][Pt]([Cl])([Cl])[Cl].[KH]. The zero-order valence-corrected chi connectivity index (χ0v) is 7.12. The van der Waals surface area contributed by atoms with Gasteiger partial charge in [-0.3, -0.25) is 0 Å². The summed E-state index contributed by atoms with van der Waals surface area (Å²) in [5.41, 5.74) is 0. The van der Waals surface area contributed by atoms with Crippen molar-refractivity contribution in [3.8, 4) is 0 Å². The molecule has 0 aliphatic rings. The normalized spacial score (nSPS) is 12.7. The van der Waals surface area contributed by atoms with Crippen LogP contribution in [-0.4, -0.2) is 51.4 Å². The summed E-state index contributed by atoms with van der Waals surface area (Å²) in [6.45, 7) is 0. The van der Waals surface area contributed by atoms with E-state index < -0.39 is 11.9 Å². The van der Waals surface area contributed by atoms with E-state index in [2.05, 4.69) is 0 Å². The number of halogens is 4. The van der Waals surface area contributed by atoms with Crippen molar-refractivity contribution in [2.75, 3.05) is 0 Å². The van der Waals surface area contributed by atoms with Gasteiger partial charge in [0.15, 0.2) is 0 Å². The fraction of sp³-hybridized carbons (Fsp3) is 0. The molecule has 0 rings (SSSR count). The number of hydrogen-bond donors (Lipinski definition) is 0. The van der Waals surface area contributed by atoms with Crippen molar-refractivity contribution < 1.29 is 11.9 Å². The van der Waals surface area contributed by atoms with Crippen molar-refractivity contribution in [1.29, 1.82) is 0 Å². The van der Waals surface area contributed by atoms with E-state index in [1.807, 2.05) is 0 Å². The monoisotopic (exact) mass is 375 g/mol. The molecule has 0 saturated carbocycles. The summed E-state index contributed by atoms with van der Waals surface area (Å²) in [6.07, 6.45) is 0. The summed E-state index contributed by atoms with van der Waals surface area (Å²) in [5, 5.41) is 0. The Kier molecular flexibility index (Phi) is 10.7. The molecule has 0 saturated heterocycles. The van der Waals surface area contributed by atoms with Gasteiger partial charge in [-0.25, -0.2) is 0 Å². The molecule has 0 unspecified atom stereocenters. The number of hydrogen-bond acceptors (Lipinski definition) is 0.